The highest BCUT2D eigenvalue weighted by molar-refractivity contribution is 5.79. The van der Waals surface area contributed by atoms with Crippen molar-refractivity contribution in [2.24, 2.45) is 0 Å². The van der Waals surface area contributed by atoms with Gasteiger partial charge in [-0.2, -0.15) is 13.2 Å². The van der Waals surface area contributed by atoms with Crippen molar-refractivity contribution in [3.63, 3.8) is 0 Å². The molecule has 0 aliphatic carbocycles. The molecule has 0 aliphatic rings. The van der Waals surface area contributed by atoms with Crippen LogP contribution in [0.3, 0.4) is 0 Å². The molecular weight excluding hydrogens is 369 g/mol. The summed E-state index contributed by atoms with van der Waals surface area (Å²) in [6, 6.07) is 11.2. The second-order valence-corrected chi connectivity index (χ2v) is 6.78. The van der Waals surface area contributed by atoms with E-state index in [2.05, 4.69) is 10.6 Å². The van der Waals surface area contributed by atoms with Crippen molar-refractivity contribution in [2.45, 2.75) is 45.5 Å². The molecule has 0 heterocycles. The monoisotopic (exact) mass is 392 g/mol. The molecule has 0 bridgehead atoms. The van der Waals surface area contributed by atoms with Gasteiger partial charge in [-0.25, -0.2) is 0 Å². The highest BCUT2D eigenvalue weighted by atomic mass is 19.4. The molecular formula is C21H23F3N2O2. The Morgan fingerprint density at radius 1 is 1.00 bits per heavy atom. The second kappa shape index (κ2) is 8.91. The van der Waals surface area contributed by atoms with Gasteiger partial charge in [-0.1, -0.05) is 42.0 Å². The third kappa shape index (κ3) is 6.11. The van der Waals surface area contributed by atoms with Crippen LogP contribution >= 0.6 is 0 Å². The molecule has 0 fully saturated rings. The third-order valence-electron chi connectivity index (χ3n) is 4.34. The Labute approximate surface area is 162 Å². The van der Waals surface area contributed by atoms with Crippen molar-refractivity contribution in [1.82, 2.24) is 10.6 Å². The van der Waals surface area contributed by atoms with E-state index in [0.29, 0.717) is 5.56 Å². The van der Waals surface area contributed by atoms with Crippen LogP contribution < -0.4 is 10.6 Å². The number of nitrogens with one attached hydrogen (secondary N) is 2. The molecule has 2 unspecified atom stereocenters. The first-order valence-electron chi connectivity index (χ1n) is 8.86. The van der Waals surface area contributed by atoms with Crippen LogP contribution in [-0.2, 0) is 15.8 Å². The van der Waals surface area contributed by atoms with E-state index in [0.717, 1.165) is 23.3 Å². The Hall–Kier alpha value is -2.83. The van der Waals surface area contributed by atoms with Gasteiger partial charge in [0.1, 0.15) is 0 Å². The van der Waals surface area contributed by atoms with Crippen LogP contribution in [0.1, 0.15) is 54.6 Å². The van der Waals surface area contributed by atoms with Crippen molar-refractivity contribution < 1.29 is 22.8 Å². The van der Waals surface area contributed by atoms with Gasteiger partial charge in [0, 0.05) is 6.92 Å². The van der Waals surface area contributed by atoms with Crippen LogP contribution in [0.5, 0.6) is 0 Å². The van der Waals surface area contributed by atoms with E-state index in [1.54, 1.807) is 6.92 Å². The van der Waals surface area contributed by atoms with Gasteiger partial charge in [-0.05, 0) is 37.1 Å². The molecule has 0 aromatic heterocycles. The van der Waals surface area contributed by atoms with Crippen molar-refractivity contribution in [2.75, 3.05) is 0 Å². The number of carbonyl (C=O) groups excluding carboxylic acids is 2. The summed E-state index contributed by atoms with van der Waals surface area (Å²) in [4.78, 5) is 24.0. The Bertz CT molecular complexity index is 832. The lowest BCUT2D eigenvalue weighted by atomic mass is 10.0. The number of alkyl halides is 3. The number of hydrogen-bond acceptors (Lipinski definition) is 2. The maximum Gasteiger partial charge on any atom is 0.416 e. The molecule has 2 aromatic carbocycles. The maximum absolute atomic E-state index is 12.9. The normalized spacial score (nSPS) is 13.5. The minimum Gasteiger partial charge on any atom is -0.350 e. The highest BCUT2D eigenvalue weighted by Crippen LogP contribution is 2.30. The largest absolute Gasteiger partial charge is 0.416 e. The smallest absolute Gasteiger partial charge is 0.350 e. The average molecular weight is 392 g/mol. The SMILES string of the molecule is CC(=O)NC(CC(=O)NC(C)c1cccc(C(F)(F)F)c1)c1ccc(C)cc1. The Morgan fingerprint density at radius 2 is 1.64 bits per heavy atom. The number of aryl methyl sites for hydroxylation is 1. The fourth-order valence-electron chi connectivity index (χ4n) is 2.85. The first-order chi connectivity index (χ1) is 13.1. The minimum absolute atomic E-state index is 0.0219. The molecule has 0 aliphatic heterocycles. The predicted molar refractivity (Wildman–Crippen MR) is 100 cm³/mol. The number of hydrogen-bond donors (Lipinski definition) is 2. The van der Waals surface area contributed by atoms with Crippen LogP contribution in [-0.4, -0.2) is 11.8 Å². The molecule has 4 nitrogen and oxygen atoms in total. The number of rotatable bonds is 6. The van der Waals surface area contributed by atoms with Gasteiger partial charge in [-0.3, -0.25) is 9.59 Å². The van der Waals surface area contributed by atoms with Gasteiger partial charge in [0.15, 0.2) is 0 Å². The summed E-state index contributed by atoms with van der Waals surface area (Å²) in [7, 11) is 0. The van der Waals surface area contributed by atoms with Crippen LogP contribution in [0.4, 0.5) is 13.2 Å². The molecule has 2 amide bonds. The van der Waals surface area contributed by atoms with Gasteiger partial charge >= 0.3 is 6.18 Å². The van der Waals surface area contributed by atoms with Crippen molar-refractivity contribution in [3.05, 3.63) is 70.8 Å². The first-order valence-corrected chi connectivity index (χ1v) is 8.86. The summed E-state index contributed by atoms with van der Waals surface area (Å²) in [5.74, 6) is -0.645. The Morgan fingerprint density at radius 3 is 2.21 bits per heavy atom. The molecule has 28 heavy (non-hydrogen) atoms. The number of halogens is 3. The second-order valence-electron chi connectivity index (χ2n) is 6.78. The molecule has 150 valence electrons. The van der Waals surface area contributed by atoms with Crippen LogP contribution in [0.15, 0.2) is 48.5 Å². The van der Waals surface area contributed by atoms with Crippen LogP contribution in [0.25, 0.3) is 0 Å². The molecule has 2 rings (SSSR count). The van der Waals surface area contributed by atoms with E-state index in [9.17, 15) is 22.8 Å². The zero-order chi connectivity index (χ0) is 20.9. The lowest BCUT2D eigenvalue weighted by molar-refractivity contribution is -0.137. The standard InChI is InChI=1S/C21H23F3N2O2/c1-13-7-9-16(10-8-13)19(26-15(3)27)12-20(28)25-14(2)17-5-4-6-18(11-17)21(22,23)24/h4-11,14,19H,12H2,1-3H3,(H,25,28)(H,26,27). The van der Waals surface area contributed by atoms with Gasteiger partial charge in [0.05, 0.1) is 24.1 Å². The van der Waals surface area contributed by atoms with Crippen molar-refractivity contribution in [1.29, 1.82) is 0 Å². The maximum atomic E-state index is 12.9. The van der Waals surface area contributed by atoms with Crippen molar-refractivity contribution in [3.8, 4) is 0 Å². The van der Waals surface area contributed by atoms with E-state index in [-0.39, 0.29) is 18.2 Å². The fraction of sp³-hybridized carbons (Fsp3) is 0.333. The summed E-state index contributed by atoms with van der Waals surface area (Å²) < 4.78 is 38.6. The highest BCUT2D eigenvalue weighted by Gasteiger charge is 2.30. The summed E-state index contributed by atoms with van der Waals surface area (Å²) in [6.07, 6.45) is -4.46. The summed E-state index contributed by atoms with van der Waals surface area (Å²) in [5.41, 5.74) is 1.42. The summed E-state index contributed by atoms with van der Waals surface area (Å²) >= 11 is 0. The van der Waals surface area contributed by atoms with Gasteiger partial charge in [-0.15, -0.1) is 0 Å². The number of carbonyl (C=O) groups is 2. The minimum atomic E-state index is -4.44. The molecule has 2 N–H and O–H groups in total. The lowest BCUT2D eigenvalue weighted by Gasteiger charge is -2.21. The van der Waals surface area contributed by atoms with Crippen molar-refractivity contribution >= 4 is 11.8 Å². The zero-order valence-electron chi connectivity index (χ0n) is 15.9. The van der Waals surface area contributed by atoms with Gasteiger partial charge in [0.2, 0.25) is 11.8 Å². The summed E-state index contributed by atoms with van der Waals surface area (Å²) in [6.45, 7) is 4.91. The topological polar surface area (TPSA) is 58.2 Å². The van der Waals surface area contributed by atoms with Gasteiger partial charge < -0.3 is 10.6 Å². The number of amides is 2. The fourth-order valence-corrected chi connectivity index (χ4v) is 2.85. The Balaban J connectivity index is 2.09. The molecule has 7 heteroatoms. The van der Waals surface area contributed by atoms with E-state index in [1.807, 2.05) is 31.2 Å². The molecule has 2 atom stereocenters. The van der Waals surface area contributed by atoms with Crippen LogP contribution in [0.2, 0.25) is 0 Å². The van der Waals surface area contributed by atoms with E-state index >= 15 is 0 Å². The number of benzene rings is 2. The molecule has 0 radical (unpaired) electrons. The zero-order valence-corrected chi connectivity index (χ0v) is 15.9. The predicted octanol–water partition coefficient (Wildman–Crippen LogP) is 4.46. The van der Waals surface area contributed by atoms with Gasteiger partial charge in [0.25, 0.3) is 0 Å². The van der Waals surface area contributed by atoms with E-state index < -0.39 is 23.8 Å². The van der Waals surface area contributed by atoms with E-state index in [1.165, 1.54) is 19.1 Å². The quantitative estimate of drug-likeness (QED) is 0.763. The Kier molecular flexibility index (Phi) is 6.83. The first kappa shape index (κ1) is 21.5. The molecule has 2 aromatic rings. The average Bonchev–Trinajstić information content (AvgIpc) is 2.60. The van der Waals surface area contributed by atoms with Crippen LogP contribution in [0, 0.1) is 6.92 Å². The summed E-state index contributed by atoms with van der Waals surface area (Å²) in [5, 5.41) is 5.44. The molecule has 0 saturated heterocycles. The third-order valence-corrected chi connectivity index (χ3v) is 4.34. The van der Waals surface area contributed by atoms with E-state index in [4.69, 9.17) is 0 Å². The molecule has 0 saturated carbocycles. The molecule has 0 spiro atoms. The lowest BCUT2D eigenvalue weighted by Crippen LogP contribution is -2.33.